The number of anilines is 16. The van der Waals surface area contributed by atoms with Crippen LogP contribution in [0.5, 0.6) is 28.7 Å². The van der Waals surface area contributed by atoms with E-state index in [-0.39, 0.29) is 47.2 Å². The van der Waals surface area contributed by atoms with Gasteiger partial charge in [-0.05, 0) is 126 Å². The summed E-state index contributed by atoms with van der Waals surface area (Å²) in [6.07, 6.45) is 7.82. The average Bonchev–Trinajstić information content (AvgIpc) is 1.77. The normalized spacial score (nSPS) is 11.2. The van der Waals surface area contributed by atoms with Crippen LogP contribution in [0.4, 0.5) is 112 Å². The molecule has 0 atom stereocenters. The maximum atomic E-state index is 13.1. The smallest absolute Gasteiger partial charge is 0.416 e. The minimum atomic E-state index is -4.53. The number of carbonyl (C=O) groups is 4. The number of benzene rings is 5. The van der Waals surface area contributed by atoms with Crippen molar-refractivity contribution in [3.05, 3.63) is 248 Å². The van der Waals surface area contributed by atoms with E-state index in [4.69, 9.17) is 46.4 Å². The summed E-state index contributed by atoms with van der Waals surface area (Å²) in [5.74, 6) is 9.76. The zero-order valence-corrected chi connectivity index (χ0v) is 80.4. The van der Waals surface area contributed by atoms with Crippen LogP contribution in [-0.4, -0.2) is 250 Å². The third-order valence-electron chi connectivity index (χ3n) is 20.7. The summed E-state index contributed by atoms with van der Waals surface area (Å²) >= 11 is 0. The Bertz CT molecular complexity index is 7380. The molecule has 18 aromatic rings. The van der Waals surface area contributed by atoms with Crippen LogP contribution < -0.4 is 87.5 Å². The van der Waals surface area contributed by atoms with Crippen molar-refractivity contribution in [3.63, 3.8) is 0 Å². The molecule has 55 heteroatoms. The molecule has 1 aliphatic heterocycles. The Morgan fingerprint density at radius 2 is 0.765 bits per heavy atom. The summed E-state index contributed by atoms with van der Waals surface area (Å²) in [7, 11) is 10.4. The van der Waals surface area contributed by atoms with Gasteiger partial charge in [0.15, 0.2) is 69.4 Å². The zero-order valence-electron chi connectivity index (χ0n) is 80.4. The van der Waals surface area contributed by atoms with Gasteiger partial charge in [0.05, 0.1) is 96.6 Å². The highest BCUT2D eigenvalue weighted by molar-refractivity contribution is 5.91. The Morgan fingerprint density at radius 3 is 1.15 bits per heavy atom. The van der Waals surface area contributed by atoms with Gasteiger partial charge in [0.25, 0.3) is 0 Å². The first-order valence-corrected chi connectivity index (χ1v) is 44.8. The van der Waals surface area contributed by atoms with Gasteiger partial charge in [-0.15, -0.1) is 0 Å². The summed E-state index contributed by atoms with van der Waals surface area (Å²) < 4.78 is 90.7. The fraction of sp³-hybridized carbons (Fsp3) is 0.191. The highest BCUT2D eigenvalue weighted by atomic mass is 19.4. The molecule has 0 spiro atoms. The van der Waals surface area contributed by atoms with E-state index in [1.165, 1.54) is 72.2 Å². The fourth-order valence-corrected chi connectivity index (χ4v) is 13.5. The van der Waals surface area contributed by atoms with E-state index in [1.807, 2.05) is 66.7 Å². The number of aromatic amines is 5. The minimum Gasteiger partial charge on any atom is -0.497 e. The lowest BCUT2D eigenvalue weighted by Gasteiger charge is -2.14. The van der Waals surface area contributed by atoms with Crippen LogP contribution in [0.25, 0.3) is 56.9 Å². The van der Waals surface area contributed by atoms with Crippen LogP contribution in [0.1, 0.15) is 44.3 Å². The SMILES string of the molecule is COC(=O)c1ccc(-c2cc(Nc3ncnc(NCCN4CCNC4=O)n3)n[nH]2)cc1.COC(=O)c1ccc(-c2cc(Nc3ncnc(NCCNC(C)=O)n3)n[nH]2)cc1.COc1cc(Nc2ncnc(Nc3cc(-c4ccco4)[nH]n3)n2)cc(C(F)(F)F)c1.COc1ccc(CCNc2ncnc(Nc3cc(-c4ccco4)[nH]n3)n2)cc1OC.COc1ccc(CNc2ncnc(Nc3cc(-c4ccco4)[nH]n3)n2)cc1OC. The second-order valence-corrected chi connectivity index (χ2v) is 30.7. The molecule has 14 heterocycles. The van der Waals surface area contributed by atoms with Gasteiger partial charge in [-0.25, -0.2) is 64.2 Å². The number of hydrogen-bond acceptors (Lipinski definition) is 44. The van der Waals surface area contributed by atoms with Crippen LogP contribution in [0, 0.1) is 0 Å². The molecule has 149 heavy (non-hydrogen) atoms. The number of urea groups is 1. The molecule has 5 aromatic carbocycles. The van der Waals surface area contributed by atoms with E-state index in [2.05, 4.69) is 190 Å². The molecule has 13 aromatic heterocycles. The van der Waals surface area contributed by atoms with Gasteiger partial charge in [-0.2, -0.15) is 63.6 Å². The number of ether oxygens (including phenoxy) is 7. The van der Waals surface area contributed by atoms with Crippen molar-refractivity contribution in [2.45, 2.75) is 26.1 Å². The van der Waals surface area contributed by atoms with Gasteiger partial charge < -0.3 is 115 Å². The van der Waals surface area contributed by atoms with E-state index >= 15 is 0 Å². The topological polar surface area (TPSA) is 657 Å². The van der Waals surface area contributed by atoms with E-state index in [0.717, 1.165) is 63.6 Å². The van der Waals surface area contributed by atoms with Crippen LogP contribution in [0.2, 0.25) is 0 Å². The van der Waals surface area contributed by atoms with Gasteiger partial charge in [0, 0.05) is 101 Å². The summed E-state index contributed by atoms with van der Waals surface area (Å²) in [4.78, 5) is 109. The first kappa shape index (κ1) is 103. The van der Waals surface area contributed by atoms with Gasteiger partial charge in [0.2, 0.25) is 65.4 Å². The third kappa shape index (κ3) is 29.8. The molecule has 766 valence electrons. The van der Waals surface area contributed by atoms with Crippen molar-refractivity contribution in [2.75, 3.05) is 149 Å². The number of rotatable bonds is 39. The molecule has 1 fully saturated rings. The van der Waals surface area contributed by atoms with Gasteiger partial charge in [0.1, 0.15) is 54.5 Å². The molecule has 1 saturated heterocycles. The number of hydrogen-bond donors (Lipinski definition) is 17. The largest absolute Gasteiger partial charge is 0.497 e. The molecule has 0 radical (unpaired) electrons. The summed E-state index contributed by atoms with van der Waals surface area (Å²) in [5, 5.41) is 70.9. The van der Waals surface area contributed by atoms with Crippen molar-refractivity contribution >= 4 is 118 Å². The van der Waals surface area contributed by atoms with E-state index < -0.39 is 11.7 Å². The van der Waals surface area contributed by atoms with E-state index in [0.29, 0.717) is 186 Å². The lowest BCUT2D eigenvalue weighted by Crippen LogP contribution is -2.32. The Kier molecular flexibility index (Phi) is 35.0. The lowest BCUT2D eigenvalue weighted by molar-refractivity contribution is -0.137. The molecule has 0 unspecified atom stereocenters. The molecule has 3 amide bonds. The number of halogens is 3. The van der Waals surface area contributed by atoms with Gasteiger partial charge in [-0.1, -0.05) is 36.4 Å². The van der Waals surface area contributed by atoms with E-state index in [1.54, 1.807) is 131 Å². The Labute approximate surface area is 842 Å². The summed E-state index contributed by atoms with van der Waals surface area (Å²) in [6, 6.07) is 48.4. The molecule has 52 nitrogen and oxygen atoms in total. The maximum absolute atomic E-state index is 13.1. The maximum Gasteiger partial charge on any atom is 0.416 e. The average molecular weight is 2040 g/mol. The number of nitrogens with zero attached hydrogens (tertiary/aromatic N) is 21. The number of aromatic nitrogens is 25. The molecule has 0 saturated carbocycles. The van der Waals surface area contributed by atoms with Crippen molar-refractivity contribution in [1.82, 2.24) is 141 Å². The number of amides is 3. The van der Waals surface area contributed by atoms with Crippen LogP contribution >= 0.6 is 0 Å². The fourth-order valence-electron chi connectivity index (χ4n) is 13.5. The van der Waals surface area contributed by atoms with Crippen LogP contribution in [0.3, 0.4) is 0 Å². The number of nitrogens with one attached hydrogen (secondary N) is 17. The second-order valence-electron chi connectivity index (χ2n) is 30.7. The van der Waals surface area contributed by atoms with Crippen molar-refractivity contribution < 1.29 is 78.8 Å². The van der Waals surface area contributed by atoms with Crippen molar-refractivity contribution in [2.24, 2.45) is 0 Å². The Hall–Kier alpha value is -20.5. The second kappa shape index (κ2) is 50.8. The molecule has 1 aliphatic rings. The molecule has 19 rings (SSSR count). The predicted octanol–water partition coefficient (Wildman–Crippen LogP) is 13.4. The Balaban J connectivity index is 0.000000139. The molecule has 0 aliphatic carbocycles. The van der Waals surface area contributed by atoms with Gasteiger partial charge in [-0.3, -0.25) is 30.3 Å². The van der Waals surface area contributed by atoms with E-state index in [9.17, 15) is 32.3 Å². The monoisotopic (exact) mass is 2040 g/mol. The summed E-state index contributed by atoms with van der Waals surface area (Å²) in [6.45, 7) is 5.98. The minimum absolute atomic E-state index is 0.0377. The zero-order chi connectivity index (χ0) is 104. The lowest BCUT2D eigenvalue weighted by atomic mass is 10.1. The van der Waals surface area contributed by atoms with Crippen molar-refractivity contribution in [3.8, 4) is 85.6 Å². The molecular weight excluding hydrogens is 1940 g/mol. The third-order valence-corrected chi connectivity index (χ3v) is 20.7. The number of furan rings is 3. The number of H-pyrrole nitrogens is 5. The Morgan fingerprint density at radius 1 is 0.389 bits per heavy atom. The first-order chi connectivity index (χ1) is 72.6. The number of carbonyl (C=O) groups excluding carboxylic acids is 4. The highest BCUT2D eigenvalue weighted by Gasteiger charge is 2.32. The van der Waals surface area contributed by atoms with Crippen molar-refractivity contribution in [1.29, 1.82) is 0 Å². The highest BCUT2D eigenvalue weighted by Crippen LogP contribution is 2.37. The van der Waals surface area contributed by atoms with Crippen LogP contribution in [0.15, 0.2) is 234 Å². The van der Waals surface area contributed by atoms with Gasteiger partial charge >= 0.3 is 24.1 Å². The first-order valence-electron chi connectivity index (χ1n) is 44.8. The molecular formula is C94H95F3N38O14. The predicted molar refractivity (Wildman–Crippen MR) is 536 cm³/mol. The van der Waals surface area contributed by atoms with Crippen LogP contribution in [-0.2, 0) is 33.4 Å². The molecule has 0 bridgehead atoms. The molecule has 17 N–H and O–H groups in total. The number of methoxy groups -OCH3 is 7. The number of esters is 2. The number of alkyl halides is 3. The quantitative estimate of drug-likeness (QED) is 0.0126. The summed E-state index contributed by atoms with van der Waals surface area (Å²) in [5.41, 5.74) is 7.67. The standard InChI is InChI=1S/C20H21N7O3.C19H21N9O3.C19H19N7O3.C18H14F3N7O2.C18H20N8O3/c1-28-16-6-5-13(10-17(16)29-2)7-8-21-19-22-12-23-20(25-19)24-18-11-14(26-27-18)15-4-3-9-30-15;1-31-16(29)13-4-2-12(3-5-13)14-10-15(27-26-14)24-18-23-11-22-17(25-18)20-6-8-28-9-7-21-19(28)30;1-27-15-6-5-12(8-16(15)28-2)10-20-18-21-11-22-19(24-18)23-17-9-13(25-26-17)14-4-3-7-29-14;1-29-12-6-10(18(19,20)21)5-11(7-12)24-16-22-9-23-17(26-16)25-15-8-13(27-28-15)14-3-2-4-30-14;1-11(27)19-7-8-20-17-21-10-22-18(24-17)23-15-9-14(25-26-15)12-3-5-13(6-4-12)16(28)29-2/h3-6,9-12H,7-8H2,1-2H3,(H3,21,22,23,24,25,26,27);2-5,10-11H,6-9H2,1H3,(H,21,30)(H3,20,22,23,24,25,26,27);3-9,11H,10H2,1-2H3,(H3,20,21,22,23,24,25,26);2-9H,1H3,(H3,22,23,24,25,26,27,28);3-6,9-10H,7-8H2,1-2H3,(H,19,27)(H3,20,21,22,23,24,25,26).